The lowest BCUT2D eigenvalue weighted by molar-refractivity contribution is -0.456. The summed E-state index contributed by atoms with van der Waals surface area (Å²) in [5.74, 6) is -3.34. The van der Waals surface area contributed by atoms with Crippen LogP contribution < -0.4 is 0 Å². The van der Waals surface area contributed by atoms with Gasteiger partial charge >= 0.3 is 23.9 Å². The number of carbonyl (C=O) groups excluding carboxylic acids is 4. The van der Waals surface area contributed by atoms with Gasteiger partial charge in [0.2, 0.25) is 0 Å². The second-order valence-corrected chi connectivity index (χ2v) is 3.65. The fourth-order valence-electron chi connectivity index (χ4n) is 0.373. The van der Waals surface area contributed by atoms with Gasteiger partial charge in [-0.15, -0.1) is 0 Å². The summed E-state index contributed by atoms with van der Waals surface area (Å²) in [5, 5.41) is 7.56. The van der Waals surface area contributed by atoms with Crippen molar-refractivity contribution in [1.29, 1.82) is 0 Å². The van der Waals surface area contributed by atoms with Crippen molar-refractivity contribution in [3.63, 3.8) is 0 Å². The van der Waals surface area contributed by atoms with E-state index in [-0.39, 0.29) is 11.1 Å². The van der Waals surface area contributed by atoms with Crippen molar-refractivity contribution in [2.45, 2.75) is 13.8 Å². The van der Waals surface area contributed by atoms with Crippen LogP contribution in [0.4, 0.5) is 0 Å². The molecule has 0 aliphatic heterocycles. The predicted octanol–water partition coefficient (Wildman–Crippen LogP) is 1.36. The number of hydrogen-bond acceptors (Lipinski definition) is 10. The Kier molecular flexibility index (Phi) is 12.9. The van der Waals surface area contributed by atoms with Crippen molar-refractivity contribution in [1.82, 2.24) is 0 Å². The number of carbonyl (C=O) groups is 4. The van der Waals surface area contributed by atoms with E-state index in [0.717, 1.165) is 12.2 Å². The van der Waals surface area contributed by atoms with Crippen LogP contribution in [0.15, 0.2) is 49.6 Å². The molecule has 0 spiro atoms. The van der Waals surface area contributed by atoms with E-state index in [1.165, 1.54) is 13.8 Å². The zero-order chi connectivity index (χ0) is 19.1. The summed E-state index contributed by atoms with van der Waals surface area (Å²) in [5.41, 5.74) is 0.262. The molecule has 0 N–H and O–H groups in total. The van der Waals surface area contributed by atoms with Crippen LogP contribution in [0, 0.1) is 0 Å². The Balaban J connectivity index is 0. The Morgan fingerprint density at radius 1 is 0.667 bits per heavy atom. The first-order valence-corrected chi connectivity index (χ1v) is 5.90. The van der Waals surface area contributed by atoms with Gasteiger partial charge in [0.05, 0.1) is 0 Å². The van der Waals surface area contributed by atoms with Gasteiger partial charge in [0.1, 0.15) is 0 Å². The maximum atomic E-state index is 10.6. The summed E-state index contributed by atoms with van der Waals surface area (Å²) < 4.78 is 0. The molecule has 0 saturated heterocycles. The Labute approximate surface area is 137 Å². The number of rotatable bonds is 8. The minimum absolute atomic E-state index is 0.131. The Bertz CT molecular complexity index is 486. The molecule has 0 heterocycles. The SMILES string of the molecule is C=C(C)C(=O)OOOC(=O)C(=C)C.C=CC(=O)OOOC(=O)C=C. The van der Waals surface area contributed by atoms with Crippen LogP contribution in [0.25, 0.3) is 0 Å². The lowest BCUT2D eigenvalue weighted by Crippen LogP contribution is -2.11. The molecule has 0 saturated carbocycles. The molecule has 10 nitrogen and oxygen atoms in total. The maximum Gasteiger partial charge on any atom is 0.372 e. The molecule has 0 bridgehead atoms. The van der Waals surface area contributed by atoms with Crippen LogP contribution >= 0.6 is 0 Å². The molecular formula is C14H16O10. The first-order valence-electron chi connectivity index (χ1n) is 5.90. The second-order valence-electron chi connectivity index (χ2n) is 3.65. The monoisotopic (exact) mass is 344 g/mol. The lowest BCUT2D eigenvalue weighted by Gasteiger charge is -2.00. The Morgan fingerprint density at radius 3 is 1.21 bits per heavy atom. The normalized spacial score (nSPS) is 8.42. The van der Waals surface area contributed by atoms with E-state index in [4.69, 9.17) is 0 Å². The van der Waals surface area contributed by atoms with Crippen molar-refractivity contribution in [2.24, 2.45) is 0 Å². The van der Waals surface area contributed by atoms with Gasteiger partial charge in [-0.3, -0.25) is 19.6 Å². The van der Waals surface area contributed by atoms with E-state index in [2.05, 4.69) is 55.9 Å². The van der Waals surface area contributed by atoms with Gasteiger partial charge in [-0.2, -0.15) is 0 Å². The van der Waals surface area contributed by atoms with Crippen LogP contribution in [0.1, 0.15) is 13.8 Å². The predicted molar refractivity (Wildman–Crippen MR) is 76.6 cm³/mol. The van der Waals surface area contributed by atoms with Gasteiger partial charge in [0.15, 0.2) is 0 Å². The first-order chi connectivity index (χ1) is 11.1. The molecule has 10 heteroatoms. The van der Waals surface area contributed by atoms with Gasteiger partial charge in [-0.05, 0) is 13.8 Å². The minimum atomic E-state index is -0.859. The molecule has 0 rings (SSSR count). The molecule has 0 aromatic heterocycles. The minimum Gasteiger partial charge on any atom is -0.255 e. The highest BCUT2D eigenvalue weighted by Gasteiger charge is 2.09. The fraction of sp³-hybridized carbons (Fsp3) is 0.143. The molecule has 0 amide bonds. The average Bonchev–Trinajstić information content (AvgIpc) is 2.54. The van der Waals surface area contributed by atoms with E-state index in [9.17, 15) is 19.2 Å². The van der Waals surface area contributed by atoms with E-state index in [1.54, 1.807) is 0 Å². The van der Waals surface area contributed by atoms with Gasteiger partial charge in [-0.25, -0.2) is 19.2 Å². The Morgan fingerprint density at radius 2 is 0.958 bits per heavy atom. The summed E-state index contributed by atoms with van der Waals surface area (Å²) in [4.78, 5) is 57.3. The third-order valence-electron chi connectivity index (χ3n) is 1.48. The average molecular weight is 344 g/mol. The quantitative estimate of drug-likeness (QED) is 0.362. The highest BCUT2D eigenvalue weighted by Crippen LogP contribution is 1.96. The Hall–Kier alpha value is -3.24. The highest BCUT2D eigenvalue weighted by atomic mass is 17.5. The van der Waals surface area contributed by atoms with Crippen molar-refractivity contribution in [3.8, 4) is 0 Å². The highest BCUT2D eigenvalue weighted by molar-refractivity contribution is 5.87. The van der Waals surface area contributed by atoms with Crippen LogP contribution in [-0.2, 0) is 48.8 Å². The fourth-order valence-corrected chi connectivity index (χ4v) is 0.373. The lowest BCUT2D eigenvalue weighted by atomic mass is 10.4. The third-order valence-corrected chi connectivity index (χ3v) is 1.48. The molecular weight excluding hydrogens is 328 g/mol. The topological polar surface area (TPSA) is 124 Å². The van der Waals surface area contributed by atoms with E-state index in [0.29, 0.717) is 0 Å². The van der Waals surface area contributed by atoms with Crippen LogP contribution in [0.3, 0.4) is 0 Å². The maximum absolute atomic E-state index is 10.6. The van der Waals surface area contributed by atoms with Crippen molar-refractivity contribution in [2.75, 3.05) is 0 Å². The van der Waals surface area contributed by atoms with E-state index < -0.39 is 23.9 Å². The molecule has 0 radical (unpaired) electrons. The summed E-state index contributed by atoms with van der Waals surface area (Å²) in [6.45, 7) is 15.5. The van der Waals surface area contributed by atoms with Gasteiger partial charge < -0.3 is 0 Å². The smallest absolute Gasteiger partial charge is 0.255 e. The van der Waals surface area contributed by atoms with Gasteiger partial charge in [0.25, 0.3) is 0 Å². The van der Waals surface area contributed by atoms with Crippen LogP contribution in [0.2, 0.25) is 0 Å². The summed E-state index contributed by atoms with van der Waals surface area (Å²) in [6.07, 6.45) is 1.70. The van der Waals surface area contributed by atoms with Crippen molar-refractivity contribution in [3.05, 3.63) is 49.6 Å². The molecule has 0 unspecified atom stereocenters. The van der Waals surface area contributed by atoms with E-state index in [1.807, 2.05) is 0 Å². The molecule has 0 aromatic rings. The van der Waals surface area contributed by atoms with E-state index >= 15 is 0 Å². The molecule has 0 atom stereocenters. The molecule has 132 valence electrons. The van der Waals surface area contributed by atoms with Crippen LogP contribution in [-0.4, -0.2) is 23.9 Å². The molecule has 0 aliphatic carbocycles. The molecule has 0 aliphatic rings. The largest absolute Gasteiger partial charge is 0.372 e. The summed E-state index contributed by atoms with van der Waals surface area (Å²) in [7, 11) is 0. The molecule has 0 fully saturated rings. The van der Waals surface area contributed by atoms with Crippen molar-refractivity contribution < 1.29 is 48.8 Å². The molecule has 24 heavy (non-hydrogen) atoms. The number of hydrogen-bond donors (Lipinski definition) is 0. The van der Waals surface area contributed by atoms with Crippen molar-refractivity contribution >= 4 is 23.9 Å². The third kappa shape index (κ3) is 13.7. The van der Waals surface area contributed by atoms with Gasteiger partial charge in [0, 0.05) is 33.4 Å². The second kappa shape index (κ2) is 13.4. The van der Waals surface area contributed by atoms with Crippen LogP contribution in [0.5, 0.6) is 0 Å². The summed E-state index contributed by atoms with van der Waals surface area (Å²) >= 11 is 0. The van der Waals surface area contributed by atoms with Gasteiger partial charge in [-0.1, -0.05) is 26.3 Å². The standard InChI is InChI=1S/C8H10O5.C6H6O5/c1-5(2)7(9)11-13-12-8(10)6(3)4;1-3-5(7)9-11-10-6(8)4-2/h1,3H2,2,4H3;3-4H,1-2H2. The molecule has 0 aromatic carbocycles. The zero-order valence-corrected chi connectivity index (χ0v) is 13.1. The summed E-state index contributed by atoms with van der Waals surface area (Å²) in [6, 6.07) is 0. The first kappa shape index (κ1) is 23.0. The zero-order valence-electron chi connectivity index (χ0n) is 13.1.